The summed E-state index contributed by atoms with van der Waals surface area (Å²) in [4.78, 5) is 4.39. The first kappa shape index (κ1) is 19.4. The molecule has 0 radical (unpaired) electrons. The van der Waals surface area contributed by atoms with Gasteiger partial charge < -0.3 is 14.2 Å². The van der Waals surface area contributed by atoms with Crippen molar-refractivity contribution in [3.8, 4) is 0 Å². The van der Waals surface area contributed by atoms with Crippen molar-refractivity contribution in [1.29, 1.82) is 0 Å². The van der Waals surface area contributed by atoms with Gasteiger partial charge in [0, 0.05) is 35.0 Å². The summed E-state index contributed by atoms with van der Waals surface area (Å²) in [5.74, 6) is 0. The molecular formula is C24H30N2O. The lowest BCUT2D eigenvalue weighted by molar-refractivity contribution is 0.417. The van der Waals surface area contributed by atoms with Crippen LogP contribution in [0.3, 0.4) is 0 Å². The minimum Gasteiger partial charge on any atom is -0.455 e. The molecule has 0 aliphatic carbocycles. The van der Waals surface area contributed by atoms with E-state index in [2.05, 4.69) is 98.7 Å². The summed E-state index contributed by atoms with van der Waals surface area (Å²) in [6.07, 6.45) is 10.9. The predicted octanol–water partition coefficient (Wildman–Crippen LogP) is 5.52. The molecule has 0 spiro atoms. The van der Waals surface area contributed by atoms with Crippen LogP contribution in [0.5, 0.6) is 0 Å². The molecule has 0 atom stereocenters. The summed E-state index contributed by atoms with van der Waals surface area (Å²) in [6, 6.07) is 12.8. The van der Waals surface area contributed by atoms with Gasteiger partial charge in [0.05, 0.1) is 0 Å². The maximum atomic E-state index is 6.35. The normalized spacial score (nSPS) is 12.7. The van der Waals surface area contributed by atoms with Crippen molar-refractivity contribution in [2.45, 2.75) is 12.8 Å². The molecule has 0 N–H and O–H groups in total. The molecule has 0 aliphatic heterocycles. The average Bonchev–Trinajstić information content (AvgIpc) is 3.02. The second-order valence-corrected chi connectivity index (χ2v) is 7.54. The summed E-state index contributed by atoms with van der Waals surface area (Å²) in [5, 5.41) is 2.37. The molecule has 0 fully saturated rings. The Morgan fingerprint density at radius 2 is 1.15 bits per heavy atom. The first-order valence-corrected chi connectivity index (χ1v) is 9.63. The van der Waals surface area contributed by atoms with E-state index in [0.29, 0.717) is 0 Å². The van der Waals surface area contributed by atoms with E-state index in [-0.39, 0.29) is 0 Å². The number of benzene rings is 2. The molecule has 2 aromatic carbocycles. The number of fused-ring (bicyclic) bond motifs is 3. The molecule has 0 unspecified atom stereocenters. The van der Waals surface area contributed by atoms with E-state index in [9.17, 15) is 0 Å². The van der Waals surface area contributed by atoms with Crippen molar-refractivity contribution < 1.29 is 4.42 Å². The van der Waals surface area contributed by atoms with Crippen LogP contribution in [0.15, 0.2) is 53.0 Å². The zero-order chi connectivity index (χ0) is 19.2. The minimum absolute atomic E-state index is 0.975. The van der Waals surface area contributed by atoms with E-state index in [0.717, 1.165) is 48.2 Å². The second kappa shape index (κ2) is 9.03. The Balaban J connectivity index is 1.93. The lowest BCUT2D eigenvalue weighted by Gasteiger charge is -2.05. The molecule has 0 aliphatic rings. The highest BCUT2D eigenvalue weighted by atomic mass is 16.3. The molecule has 0 amide bonds. The topological polar surface area (TPSA) is 19.6 Å². The van der Waals surface area contributed by atoms with E-state index in [1.54, 1.807) is 0 Å². The SMILES string of the molecule is CN(C)CCC=Cc1cccc2c1oc1c(C=CCCN(C)C)cccc12. The average molecular weight is 363 g/mol. The summed E-state index contributed by atoms with van der Waals surface area (Å²) in [5.41, 5.74) is 4.24. The van der Waals surface area contributed by atoms with E-state index < -0.39 is 0 Å². The minimum atomic E-state index is 0.975. The molecule has 3 heteroatoms. The smallest absolute Gasteiger partial charge is 0.142 e. The molecule has 3 nitrogen and oxygen atoms in total. The van der Waals surface area contributed by atoms with E-state index >= 15 is 0 Å². The van der Waals surface area contributed by atoms with Crippen LogP contribution in [0.4, 0.5) is 0 Å². The quantitative estimate of drug-likeness (QED) is 0.526. The fraction of sp³-hybridized carbons (Fsp3) is 0.333. The van der Waals surface area contributed by atoms with Crippen LogP contribution in [0, 0.1) is 0 Å². The second-order valence-electron chi connectivity index (χ2n) is 7.54. The molecule has 0 bridgehead atoms. The van der Waals surface area contributed by atoms with Gasteiger partial charge in [0.15, 0.2) is 0 Å². The van der Waals surface area contributed by atoms with Crippen LogP contribution in [0.1, 0.15) is 24.0 Å². The molecule has 142 valence electrons. The number of rotatable bonds is 8. The number of hydrogen-bond acceptors (Lipinski definition) is 3. The largest absolute Gasteiger partial charge is 0.455 e. The third-order valence-electron chi connectivity index (χ3n) is 4.67. The Morgan fingerprint density at radius 3 is 1.56 bits per heavy atom. The van der Waals surface area contributed by atoms with Crippen molar-refractivity contribution >= 4 is 34.1 Å². The van der Waals surface area contributed by atoms with Gasteiger partial charge in [0.1, 0.15) is 11.2 Å². The Morgan fingerprint density at radius 1 is 0.704 bits per heavy atom. The van der Waals surface area contributed by atoms with Crippen LogP contribution < -0.4 is 0 Å². The van der Waals surface area contributed by atoms with Gasteiger partial charge in [-0.3, -0.25) is 0 Å². The van der Waals surface area contributed by atoms with Crippen molar-refractivity contribution in [2.75, 3.05) is 41.3 Å². The lowest BCUT2D eigenvalue weighted by Crippen LogP contribution is -2.11. The van der Waals surface area contributed by atoms with Crippen LogP contribution >= 0.6 is 0 Å². The highest BCUT2D eigenvalue weighted by Crippen LogP contribution is 2.33. The maximum absolute atomic E-state index is 6.35. The fourth-order valence-electron chi connectivity index (χ4n) is 3.21. The van der Waals surface area contributed by atoms with Gasteiger partial charge in [-0.25, -0.2) is 0 Å². The number of nitrogens with zero attached hydrogens (tertiary/aromatic N) is 2. The number of para-hydroxylation sites is 2. The van der Waals surface area contributed by atoms with E-state index in [1.165, 1.54) is 10.8 Å². The van der Waals surface area contributed by atoms with Crippen molar-refractivity contribution in [3.05, 3.63) is 59.7 Å². The Bertz CT molecular complexity index is 871. The predicted molar refractivity (Wildman–Crippen MR) is 118 cm³/mol. The van der Waals surface area contributed by atoms with Gasteiger partial charge in [-0.1, -0.05) is 60.7 Å². The van der Waals surface area contributed by atoms with Gasteiger partial charge >= 0.3 is 0 Å². The Labute approximate surface area is 162 Å². The first-order valence-electron chi connectivity index (χ1n) is 9.63. The lowest BCUT2D eigenvalue weighted by atomic mass is 10.1. The monoisotopic (exact) mass is 362 g/mol. The zero-order valence-electron chi connectivity index (χ0n) is 16.9. The van der Waals surface area contributed by atoms with Crippen LogP contribution in [0.25, 0.3) is 34.1 Å². The van der Waals surface area contributed by atoms with E-state index in [4.69, 9.17) is 4.42 Å². The van der Waals surface area contributed by atoms with E-state index in [1.807, 2.05) is 0 Å². The van der Waals surface area contributed by atoms with Gasteiger partial charge in [0.2, 0.25) is 0 Å². The highest BCUT2D eigenvalue weighted by molar-refractivity contribution is 6.09. The number of hydrogen-bond donors (Lipinski definition) is 0. The molecule has 3 rings (SSSR count). The van der Waals surface area contributed by atoms with Gasteiger partial charge in [-0.15, -0.1) is 0 Å². The van der Waals surface area contributed by atoms with Gasteiger partial charge in [0.25, 0.3) is 0 Å². The Hall–Kier alpha value is -2.36. The zero-order valence-corrected chi connectivity index (χ0v) is 16.9. The van der Waals surface area contributed by atoms with Crippen molar-refractivity contribution in [3.63, 3.8) is 0 Å². The van der Waals surface area contributed by atoms with Crippen LogP contribution in [-0.2, 0) is 0 Å². The van der Waals surface area contributed by atoms with Crippen molar-refractivity contribution in [2.24, 2.45) is 0 Å². The summed E-state index contributed by atoms with van der Waals surface area (Å²) in [6.45, 7) is 2.10. The van der Waals surface area contributed by atoms with Gasteiger partial charge in [-0.2, -0.15) is 0 Å². The number of furan rings is 1. The molecule has 1 aromatic heterocycles. The summed E-state index contributed by atoms with van der Waals surface area (Å²) >= 11 is 0. The fourth-order valence-corrected chi connectivity index (χ4v) is 3.21. The standard InChI is InChI=1S/C24H30N2O/c1-25(2)17-7-5-11-19-13-9-15-21-22-16-10-14-20(24(22)27-23(19)21)12-6-8-18-26(3)4/h5-6,9-16H,7-8,17-18H2,1-4H3. The molecule has 27 heavy (non-hydrogen) atoms. The van der Waals surface area contributed by atoms with Gasteiger partial charge in [-0.05, 0) is 41.0 Å². The van der Waals surface area contributed by atoms with Crippen LogP contribution in [0.2, 0.25) is 0 Å². The molecular weight excluding hydrogens is 332 g/mol. The summed E-state index contributed by atoms with van der Waals surface area (Å²) < 4.78 is 6.35. The highest BCUT2D eigenvalue weighted by Gasteiger charge is 2.11. The molecule has 0 saturated heterocycles. The third-order valence-corrected chi connectivity index (χ3v) is 4.67. The first-order chi connectivity index (χ1) is 13.1. The maximum Gasteiger partial charge on any atom is 0.142 e. The molecule has 1 heterocycles. The molecule has 3 aromatic rings. The summed E-state index contributed by atoms with van der Waals surface area (Å²) in [7, 11) is 8.39. The van der Waals surface area contributed by atoms with Crippen LogP contribution in [-0.4, -0.2) is 51.1 Å². The third kappa shape index (κ3) is 4.88. The Kier molecular flexibility index (Phi) is 6.49. The van der Waals surface area contributed by atoms with Crippen molar-refractivity contribution in [1.82, 2.24) is 9.80 Å². The molecule has 0 saturated carbocycles.